The maximum Gasteiger partial charge on any atom is 0.156 e. The number of ether oxygens (including phenoxy) is 1. The van der Waals surface area contributed by atoms with Gasteiger partial charge >= 0.3 is 0 Å². The van der Waals surface area contributed by atoms with E-state index >= 15 is 0 Å². The summed E-state index contributed by atoms with van der Waals surface area (Å²) in [6, 6.07) is 113. The molecule has 6 heteroatoms. The van der Waals surface area contributed by atoms with Gasteiger partial charge in [-0.3, -0.25) is 0 Å². The molecule has 18 rings (SSSR count). The topological polar surface area (TPSA) is 15.7 Å². The van der Waals surface area contributed by atoms with Crippen molar-refractivity contribution in [1.82, 2.24) is 0 Å². The number of hydrogen-bond acceptors (Lipinski definition) is 5. The third-order valence-electron chi connectivity index (χ3n) is 18.3. The van der Waals surface area contributed by atoms with Gasteiger partial charge in [-0.25, -0.2) is 0 Å². The number of benzene rings is 14. The van der Waals surface area contributed by atoms with Crippen molar-refractivity contribution in [3.05, 3.63) is 337 Å². The van der Waals surface area contributed by atoms with Crippen LogP contribution >= 0.6 is 34.3 Å². The fraction of sp³-hybridized carbons (Fsp3) is 0.0120. The summed E-state index contributed by atoms with van der Waals surface area (Å²) in [5.41, 5.74) is 19.0. The highest BCUT2D eigenvalue weighted by Gasteiger charge is 2.52. The van der Waals surface area contributed by atoms with E-state index in [0.717, 1.165) is 78.8 Å². The average molecular weight is 1190 g/mol. The van der Waals surface area contributed by atoms with Crippen LogP contribution in [0.2, 0.25) is 5.02 Å². The second kappa shape index (κ2) is 20.6. The first-order valence-electron chi connectivity index (χ1n) is 30.1. The van der Waals surface area contributed by atoms with Gasteiger partial charge in [0.05, 0.1) is 16.8 Å². The molecule has 89 heavy (non-hydrogen) atoms. The van der Waals surface area contributed by atoms with Crippen LogP contribution in [0.3, 0.4) is 0 Å². The fourth-order valence-electron chi connectivity index (χ4n) is 14.4. The van der Waals surface area contributed by atoms with Crippen LogP contribution in [0.1, 0.15) is 22.3 Å². The van der Waals surface area contributed by atoms with Crippen molar-refractivity contribution in [2.24, 2.45) is 0 Å². The maximum atomic E-state index is 7.78. The molecule has 418 valence electrons. The van der Waals surface area contributed by atoms with Crippen molar-refractivity contribution in [1.29, 1.82) is 0 Å². The minimum absolute atomic E-state index is 0.674. The summed E-state index contributed by atoms with van der Waals surface area (Å²) in [6.07, 6.45) is 0. The lowest BCUT2D eigenvalue weighted by Gasteiger charge is -2.42. The molecule has 2 aliphatic rings. The molecule has 0 radical (unpaired) electrons. The summed E-state index contributed by atoms with van der Waals surface area (Å²) >= 11 is 11.1. The van der Waals surface area contributed by atoms with E-state index in [2.05, 4.69) is 313 Å². The minimum Gasteiger partial charge on any atom is -0.454 e. The van der Waals surface area contributed by atoms with Gasteiger partial charge in [0.15, 0.2) is 5.75 Å². The van der Waals surface area contributed by atoms with Crippen LogP contribution in [0.4, 0.5) is 34.1 Å². The molecule has 1 atom stereocenters. The maximum absolute atomic E-state index is 7.78. The van der Waals surface area contributed by atoms with Gasteiger partial charge < -0.3 is 14.5 Å². The van der Waals surface area contributed by atoms with Crippen LogP contribution in [0.5, 0.6) is 11.5 Å². The van der Waals surface area contributed by atoms with Crippen LogP contribution in [-0.2, 0) is 5.41 Å². The van der Waals surface area contributed by atoms with Crippen molar-refractivity contribution in [3.8, 4) is 56.0 Å². The largest absolute Gasteiger partial charge is 0.454 e. The van der Waals surface area contributed by atoms with Crippen molar-refractivity contribution in [3.63, 3.8) is 0 Å². The van der Waals surface area contributed by atoms with E-state index < -0.39 is 5.41 Å². The molecule has 16 aromatic rings. The quantitative estimate of drug-likeness (QED) is 0.143. The van der Waals surface area contributed by atoms with Gasteiger partial charge in [0.25, 0.3) is 0 Å². The first kappa shape index (κ1) is 51.7. The highest BCUT2D eigenvalue weighted by Crippen LogP contribution is 2.65. The molecule has 0 amide bonds. The molecule has 1 spiro atoms. The molecule has 0 saturated carbocycles. The molecule has 1 unspecified atom stereocenters. The lowest BCUT2D eigenvalue weighted by atomic mass is 9.66. The Morgan fingerprint density at radius 2 is 0.921 bits per heavy atom. The van der Waals surface area contributed by atoms with Crippen LogP contribution in [0.15, 0.2) is 309 Å². The predicted octanol–water partition coefficient (Wildman–Crippen LogP) is 24.6. The zero-order valence-corrected chi connectivity index (χ0v) is 50.3. The molecular weight excluding hydrogens is 1140 g/mol. The summed E-state index contributed by atoms with van der Waals surface area (Å²) in [7, 11) is 0. The molecule has 0 fully saturated rings. The number of thiophene rings is 2. The average Bonchev–Trinajstić information content (AvgIpc) is 1.57. The van der Waals surface area contributed by atoms with E-state index in [-0.39, 0.29) is 0 Å². The molecule has 1 aliphatic carbocycles. The van der Waals surface area contributed by atoms with Gasteiger partial charge in [-0.05, 0) is 152 Å². The predicted molar refractivity (Wildman–Crippen MR) is 378 cm³/mol. The monoisotopic (exact) mass is 1190 g/mol. The van der Waals surface area contributed by atoms with Crippen LogP contribution in [0, 0.1) is 0 Å². The summed E-state index contributed by atoms with van der Waals surface area (Å²) in [5.74, 6) is 1.55. The Morgan fingerprint density at radius 1 is 0.315 bits per heavy atom. The van der Waals surface area contributed by atoms with Crippen molar-refractivity contribution >= 4 is 120 Å². The Hall–Kier alpha value is -10.5. The van der Waals surface area contributed by atoms with Gasteiger partial charge in [0.1, 0.15) is 5.75 Å². The van der Waals surface area contributed by atoms with E-state index in [4.69, 9.17) is 16.3 Å². The number of rotatable bonds is 9. The smallest absolute Gasteiger partial charge is 0.156 e. The summed E-state index contributed by atoms with van der Waals surface area (Å²) in [6.45, 7) is 0. The van der Waals surface area contributed by atoms with Crippen LogP contribution < -0.4 is 14.5 Å². The van der Waals surface area contributed by atoms with E-state index in [0.29, 0.717) is 5.02 Å². The Bertz CT molecular complexity index is 5500. The summed E-state index contributed by atoms with van der Waals surface area (Å²) in [5, 5.41) is 7.88. The normalized spacial score (nSPS) is 13.8. The summed E-state index contributed by atoms with van der Waals surface area (Å²) in [4.78, 5) is 4.90. The second-order valence-corrected chi connectivity index (χ2v) is 25.7. The lowest BCUT2D eigenvalue weighted by molar-refractivity contribution is 0.437. The Labute approximate surface area is 528 Å². The summed E-state index contributed by atoms with van der Waals surface area (Å²) < 4.78 is 12.8. The molecule has 0 saturated heterocycles. The number of hydrogen-bond donors (Lipinski definition) is 0. The van der Waals surface area contributed by atoms with Gasteiger partial charge in [0, 0.05) is 84.8 Å². The molecular formula is C83H51ClN2OS2. The fourth-order valence-corrected chi connectivity index (χ4v) is 17.1. The Kier molecular flexibility index (Phi) is 11.9. The van der Waals surface area contributed by atoms with Crippen molar-refractivity contribution in [2.75, 3.05) is 9.80 Å². The molecule has 14 aromatic carbocycles. The van der Waals surface area contributed by atoms with Crippen molar-refractivity contribution in [2.45, 2.75) is 5.41 Å². The minimum atomic E-state index is -0.899. The number of anilines is 6. The van der Waals surface area contributed by atoms with E-state index in [1.54, 1.807) is 0 Å². The third kappa shape index (κ3) is 8.10. The Balaban J connectivity index is 0.894. The number of halogens is 1. The zero-order chi connectivity index (χ0) is 58.7. The number of para-hydroxylation sites is 2. The molecule has 3 nitrogen and oxygen atoms in total. The van der Waals surface area contributed by atoms with Gasteiger partial charge in [0.2, 0.25) is 0 Å². The van der Waals surface area contributed by atoms with E-state index in [1.807, 2.05) is 28.7 Å². The highest BCUT2D eigenvalue weighted by atomic mass is 35.5. The third-order valence-corrected chi connectivity index (χ3v) is 21.0. The van der Waals surface area contributed by atoms with Gasteiger partial charge in [-0.15, -0.1) is 22.7 Å². The zero-order valence-electron chi connectivity index (χ0n) is 47.9. The van der Waals surface area contributed by atoms with Gasteiger partial charge in [-0.1, -0.05) is 230 Å². The molecule has 3 heterocycles. The number of nitrogens with zero attached hydrogens (tertiary/aromatic N) is 2. The molecule has 0 N–H and O–H groups in total. The van der Waals surface area contributed by atoms with E-state index in [1.165, 1.54) is 84.7 Å². The first-order chi connectivity index (χ1) is 44.0. The Morgan fingerprint density at radius 3 is 1.74 bits per heavy atom. The van der Waals surface area contributed by atoms with E-state index in [9.17, 15) is 0 Å². The van der Waals surface area contributed by atoms with Gasteiger partial charge in [-0.2, -0.15) is 0 Å². The standard InChI is InChI=1S/C83H51ClN2OS2/c84-58-40-43-65-64-27-12-15-30-70(64)83(72(65)48-58)71-31-18-32-75(86(59-25-8-3-9-26-59)74-45-44-63(55-22-6-2-7-23-55)82-79(74)67-29-14-17-34-78(67)89-82)80(71)87-76-46-42-61(51-73(76)83)85(60-41-39-53-21-10-11-24-57(53)47-60)62-49-68(81-69(50-62)66-28-13-16-33-77(66)88-81)56-37-35-54(36-38-56)52-19-4-1-5-20-52/h1-51H. The van der Waals surface area contributed by atoms with Crippen molar-refractivity contribution < 1.29 is 4.74 Å². The number of fused-ring (bicyclic) bond motifs is 16. The molecule has 0 bridgehead atoms. The van der Waals surface area contributed by atoms with Crippen LogP contribution in [0.25, 0.3) is 95.6 Å². The molecule has 1 aliphatic heterocycles. The molecule has 2 aromatic heterocycles. The SMILES string of the molecule is Clc1ccc2c(c1)C1(c3cc(N(c4ccc5ccccc5c4)c4cc(-c5ccc(-c6ccccc6)cc5)c5sc6ccccc6c5c4)ccc3Oc3c(N(c4ccccc4)c4ccc(-c5ccccc5)c5sc6ccccc6c45)cccc31)c1ccccc1-2. The first-order valence-corrected chi connectivity index (χ1v) is 32.2. The lowest BCUT2D eigenvalue weighted by Crippen LogP contribution is -2.33. The van der Waals surface area contributed by atoms with Crippen LogP contribution in [-0.4, -0.2) is 0 Å². The highest BCUT2D eigenvalue weighted by molar-refractivity contribution is 7.26. The second-order valence-electron chi connectivity index (χ2n) is 23.2.